The summed E-state index contributed by atoms with van der Waals surface area (Å²) in [7, 11) is 0. The molecule has 0 aromatic carbocycles. The highest BCUT2D eigenvalue weighted by atomic mass is 15.1. The Bertz CT molecular complexity index is 400. The molecule has 0 N–H and O–H groups in total. The van der Waals surface area contributed by atoms with E-state index in [4.69, 9.17) is 0 Å². The molecule has 1 rings (SSSR count). The van der Waals surface area contributed by atoms with Crippen LogP contribution in [-0.2, 0) is 0 Å². The van der Waals surface area contributed by atoms with Crippen molar-refractivity contribution in [3.63, 3.8) is 0 Å². The second kappa shape index (κ2) is 12.8. The lowest BCUT2D eigenvalue weighted by Gasteiger charge is -2.43. The molecule has 0 bridgehead atoms. The summed E-state index contributed by atoms with van der Waals surface area (Å²) in [5, 5.41) is 0. The smallest absolute Gasteiger partial charge is 0.0149 e. The van der Waals surface area contributed by atoms with Gasteiger partial charge in [0.25, 0.3) is 0 Å². The molecule has 0 amide bonds. The van der Waals surface area contributed by atoms with Gasteiger partial charge in [0, 0.05) is 12.0 Å². The molecule has 1 nitrogen and oxygen atoms in total. The molecule has 0 saturated carbocycles. The zero-order valence-electron chi connectivity index (χ0n) is 18.8. The third-order valence-corrected chi connectivity index (χ3v) is 6.65. The van der Waals surface area contributed by atoms with Gasteiger partial charge >= 0.3 is 0 Å². The molecule has 1 heteroatoms. The molecular formula is C25H47N. The molecule has 1 aliphatic carbocycles. The van der Waals surface area contributed by atoms with E-state index in [9.17, 15) is 0 Å². The van der Waals surface area contributed by atoms with Crippen LogP contribution >= 0.6 is 0 Å². The number of hydrogen-bond acceptors (Lipinski definition) is 1. The van der Waals surface area contributed by atoms with Crippen LogP contribution in [0.5, 0.6) is 0 Å². The molecular weight excluding hydrogens is 314 g/mol. The number of allylic oxidation sites excluding steroid dienone is 3. The highest BCUT2D eigenvalue weighted by Crippen LogP contribution is 2.51. The Morgan fingerprint density at radius 1 is 0.808 bits per heavy atom. The summed E-state index contributed by atoms with van der Waals surface area (Å²) in [4.78, 5) is 2.73. The molecule has 0 radical (unpaired) electrons. The highest BCUT2D eigenvalue weighted by molar-refractivity contribution is 5.36. The normalized spacial score (nSPS) is 22.0. The van der Waals surface area contributed by atoms with Gasteiger partial charge in [-0.25, -0.2) is 0 Å². The van der Waals surface area contributed by atoms with Gasteiger partial charge in [-0.05, 0) is 57.0 Å². The van der Waals surface area contributed by atoms with Crippen molar-refractivity contribution in [3.05, 3.63) is 23.8 Å². The van der Waals surface area contributed by atoms with Crippen molar-refractivity contribution in [1.29, 1.82) is 0 Å². The van der Waals surface area contributed by atoms with E-state index in [-0.39, 0.29) is 0 Å². The van der Waals surface area contributed by atoms with E-state index < -0.39 is 0 Å². The first-order chi connectivity index (χ1) is 12.6. The molecule has 0 saturated heterocycles. The van der Waals surface area contributed by atoms with Crippen LogP contribution in [0, 0.1) is 17.3 Å². The van der Waals surface area contributed by atoms with E-state index in [0.717, 1.165) is 11.8 Å². The SMILES string of the molecule is CCCCN(CCCC)CCC1=CC=CC1(C(C)CCC)C(C)CCC. The topological polar surface area (TPSA) is 3.24 Å². The van der Waals surface area contributed by atoms with Crippen LogP contribution < -0.4 is 0 Å². The van der Waals surface area contributed by atoms with E-state index in [0.29, 0.717) is 5.41 Å². The van der Waals surface area contributed by atoms with E-state index in [1.807, 2.05) is 0 Å². The number of unbranched alkanes of at least 4 members (excludes halogenated alkanes) is 2. The maximum Gasteiger partial charge on any atom is 0.0149 e. The summed E-state index contributed by atoms with van der Waals surface area (Å²) in [5.41, 5.74) is 2.03. The molecule has 2 atom stereocenters. The molecule has 26 heavy (non-hydrogen) atoms. The van der Waals surface area contributed by atoms with Crippen molar-refractivity contribution in [2.24, 2.45) is 17.3 Å². The van der Waals surface area contributed by atoms with Gasteiger partial charge < -0.3 is 4.90 Å². The minimum atomic E-state index is 0.313. The van der Waals surface area contributed by atoms with Crippen LogP contribution in [0.1, 0.15) is 99.3 Å². The minimum absolute atomic E-state index is 0.313. The molecule has 0 aromatic rings. The fourth-order valence-corrected chi connectivity index (χ4v) is 5.04. The third kappa shape index (κ3) is 6.25. The molecule has 1 aliphatic rings. The monoisotopic (exact) mass is 361 g/mol. The molecule has 0 spiro atoms. The van der Waals surface area contributed by atoms with Crippen molar-refractivity contribution in [1.82, 2.24) is 4.90 Å². The Hall–Kier alpha value is -0.560. The van der Waals surface area contributed by atoms with E-state index in [2.05, 4.69) is 64.7 Å². The van der Waals surface area contributed by atoms with E-state index >= 15 is 0 Å². The molecule has 2 unspecified atom stereocenters. The summed E-state index contributed by atoms with van der Waals surface area (Å²) in [6.07, 6.45) is 19.2. The van der Waals surface area contributed by atoms with Crippen LogP contribution in [0.3, 0.4) is 0 Å². The van der Waals surface area contributed by atoms with Gasteiger partial charge in [-0.15, -0.1) is 0 Å². The lowest BCUT2D eigenvalue weighted by molar-refractivity contribution is 0.171. The average Bonchev–Trinajstić information content (AvgIpc) is 3.06. The average molecular weight is 362 g/mol. The van der Waals surface area contributed by atoms with E-state index in [1.54, 1.807) is 5.57 Å². The van der Waals surface area contributed by atoms with Gasteiger partial charge in [-0.1, -0.05) is 91.0 Å². The van der Waals surface area contributed by atoms with Gasteiger partial charge in [0.2, 0.25) is 0 Å². The summed E-state index contributed by atoms with van der Waals surface area (Å²) < 4.78 is 0. The predicted molar refractivity (Wildman–Crippen MR) is 119 cm³/mol. The second-order valence-corrected chi connectivity index (χ2v) is 8.66. The summed E-state index contributed by atoms with van der Waals surface area (Å²) in [5.74, 6) is 1.50. The highest BCUT2D eigenvalue weighted by Gasteiger charge is 2.42. The van der Waals surface area contributed by atoms with Crippen molar-refractivity contribution >= 4 is 0 Å². The van der Waals surface area contributed by atoms with Crippen molar-refractivity contribution in [2.75, 3.05) is 19.6 Å². The Morgan fingerprint density at radius 2 is 1.35 bits per heavy atom. The number of rotatable bonds is 15. The third-order valence-electron chi connectivity index (χ3n) is 6.65. The summed E-state index contributed by atoms with van der Waals surface area (Å²) in [6, 6.07) is 0. The van der Waals surface area contributed by atoms with Crippen LogP contribution in [0.4, 0.5) is 0 Å². The fraction of sp³-hybridized carbons (Fsp3) is 0.840. The van der Waals surface area contributed by atoms with Crippen LogP contribution in [0.15, 0.2) is 23.8 Å². The molecule has 0 fully saturated rings. The van der Waals surface area contributed by atoms with Crippen LogP contribution in [0.2, 0.25) is 0 Å². The van der Waals surface area contributed by atoms with Crippen LogP contribution in [0.25, 0.3) is 0 Å². The fourth-order valence-electron chi connectivity index (χ4n) is 5.04. The molecule has 0 heterocycles. The van der Waals surface area contributed by atoms with Crippen molar-refractivity contribution in [3.8, 4) is 0 Å². The van der Waals surface area contributed by atoms with Crippen molar-refractivity contribution in [2.45, 2.75) is 99.3 Å². The quantitative estimate of drug-likeness (QED) is 0.290. The zero-order chi connectivity index (χ0) is 19.4. The molecule has 0 aliphatic heterocycles. The van der Waals surface area contributed by atoms with Gasteiger partial charge in [0.15, 0.2) is 0 Å². The van der Waals surface area contributed by atoms with Gasteiger partial charge in [-0.3, -0.25) is 0 Å². The first kappa shape index (κ1) is 23.5. The van der Waals surface area contributed by atoms with Gasteiger partial charge in [-0.2, -0.15) is 0 Å². The van der Waals surface area contributed by atoms with Gasteiger partial charge in [0.1, 0.15) is 0 Å². The summed E-state index contributed by atoms with van der Waals surface area (Å²) in [6.45, 7) is 18.1. The maximum atomic E-state index is 2.73. The Morgan fingerprint density at radius 3 is 1.81 bits per heavy atom. The summed E-state index contributed by atoms with van der Waals surface area (Å²) >= 11 is 0. The van der Waals surface area contributed by atoms with Crippen LogP contribution in [-0.4, -0.2) is 24.5 Å². The second-order valence-electron chi connectivity index (χ2n) is 8.66. The van der Waals surface area contributed by atoms with Crippen molar-refractivity contribution < 1.29 is 0 Å². The Labute approximate surface area is 165 Å². The predicted octanol–water partition coefficient (Wildman–Crippen LogP) is 7.63. The lowest BCUT2D eigenvalue weighted by atomic mass is 9.61. The molecule has 0 aromatic heterocycles. The first-order valence-electron chi connectivity index (χ1n) is 11.7. The maximum absolute atomic E-state index is 2.73. The number of nitrogens with zero attached hydrogens (tertiary/aromatic N) is 1. The standard InChI is InChI=1S/C25H47N/c1-7-11-19-26(20-12-8-2)21-17-24-16-13-18-25(24,22(5)14-9-3)23(6)15-10-4/h13,16,18,22-23H,7-12,14-15,17,19-21H2,1-6H3. The molecule has 152 valence electrons. The Balaban J connectivity index is 2.86. The largest absolute Gasteiger partial charge is 0.303 e. The minimum Gasteiger partial charge on any atom is -0.303 e. The number of hydrogen-bond donors (Lipinski definition) is 0. The van der Waals surface area contributed by atoms with E-state index in [1.165, 1.54) is 77.4 Å². The zero-order valence-corrected chi connectivity index (χ0v) is 18.8. The Kier molecular flexibility index (Phi) is 11.5. The van der Waals surface area contributed by atoms with Gasteiger partial charge in [0.05, 0.1) is 0 Å². The lowest BCUT2D eigenvalue weighted by Crippen LogP contribution is -2.36. The first-order valence-corrected chi connectivity index (χ1v) is 11.7.